The summed E-state index contributed by atoms with van der Waals surface area (Å²) in [5.74, 6) is 0.742. The van der Waals surface area contributed by atoms with E-state index in [2.05, 4.69) is 24.1 Å². The Morgan fingerprint density at radius 1 is 1.50 bits per heavy atom. The molecular formula is C12H27N3O2S. The second-order valence-corrected chi connectivity index (χ2v) is 6.99. The molecule has 0 saturated carbocycles. The van der Waals surface area contributed by atoms with Crippen molar-refractivity contribution < 1.29 is 8.42 Å². The number of likely N-dealkylation sites (tertiary alicyclic amines) is 1. The van der Waals surface area contributed by atoms with Gasteiger partial charge in [0, 0.05) is 12.6 Å². The van der Waals surface area contributed by atoms with Gasteiger partial charge in [-0.05, 0) is 51.7 Å². The van der Waals surface area contributed by atoms with Crippen LogP contribution >= 0.6 is 0 Å². The molecule has 3 N–H and O–H groups in total. The van der Waals surface area contributed by atoms with E-state index in [1.165, 1.54) is 19.4 Å². The Kier molecular flexibility index (Phi) is 6.55. The molecule has 1 aliphatic rings. The summed E-state index contributed by atoms with van der Waals surface area (Å²) in [6.07, 6.45) is 3.12. The number of sulfonamides is 1. The predicted octanol–water partition coefficient (Wildman–Crippen LogP) is 0.375. The van der Waals surface area contributed by atoms with Crippen molar-refractivity contribution in [2.75, 3.05) is 31.9 Å². The third-order valence-electron chi connectivity index (χ3n) is 3.77. The third-order valence-corrected chi connectivity index (χ3v) is 4.63. The van der Waals surface area contributed by atoms with Crippen molar-refractivity contribution in [3.05, 3.63) is 0 Å². The average Bonchev–Trinajstić information content (AvgIpc) is 2.33. The maximum Gasteiger partial charge on any atom is 0.209 e. The third kappa shape index (κ3) is 6.13. The standard InChI is InChI=1S/C12H27N3O2S/c1-3-15-8-4-6-12(10-15)11(2)14-7-5-9-18(13,16)17/h11-12,14H,3-10H2,1-2H3,(H2,13,16,17). The van der Waals surface area contributed by atoms with E-state index >= 15 is 0 Å². The molecule has 2 atom stereocenters. The lowest BCUT2D eigenvalue weighted by Gasteiger charge is -2.35. The lowest BCUT2D eigenvalue weighted by atomic mass is 9.91. The topological polar surface area (TPSA) is 75.4 Å². The van der Waals surface area contributed by atoms with Crippen molar-refractivity contribution in [3.63, 3.8) is 0 Å². The van der Waals surface area contributed by atoms with Crippen LogP contribution in [0, 0.1) is 5.92 Å². The van der Waals surface area contributed by atoms with Crippen LogP contribution in [0.3, 0.4) is 0 Å². The van der Waals surface area contributed by atoms with Crippen LogP contribution in [0.15, 0.2) is 0 Å². The van der Waals surface area contributed by atoms with Crippen molar-refractivity contribution in [2.45, 2.75) is 39.2 Å². The van der Waals surface area contributed by atoms with Gasteiger partial charge in [0.05, 0.1) is 5.75 Å². The lowest BCUT2D eigenvalue weighted by molar-refractivity contribution is 0.157. The van der Waals surface area contributed by atoms with Gasteiger partial charge in [0.1, 0.15) is 0 Å². The summed E-state index contributed by atoms with van der Waals surface area (Å²) in [6.45, 7) is 8.60. The summed E-state index contributed by atoms with van der Waals surface area (Å²) in [5.41, 5.74) is 0. The molecule has 1 aliphatic heterocycles. The summed E-state index contributed by atoms with van der Waals surface area (Å²) in [6, 6.07) is 0.444. The van der Waals surface area contributed by atoms with Gasteiger partial charge in [-0.25, -0.2) is 13.6 Å². The first kappa shape index (κ1) is 15.9. The zero-order valence-corrected chi connectivity index (χ0v) is 12.4. The highest BCUT2D eigenvalue weighted by Gasteiger charge is 2.23. The minimum Gasteiger partial charge on any atom is -0.314 e. The number of primary sulfonamides is 1. The van der Waals surface area contributed by atoms with E-state index in [1.807, 2.05) is 0 Å². The molecule has 0 aliphatic carbocycles. The molecular weight excluding hydrogens is 250 g/mol. The van der Waals surface area contributed by atoms with Crippen LogP contribution in [0.2, 0.25) is 0 Å². The number of piperidine rings is 1. The zero-order valence-electron chi connectivity index (χ0n) is 11.6. The number of nitrogens with zero attached hydrogens (tertiary/aromatic N) is 1. The van der Waals surface area contributed by atoms with Gasteiger partial charge in [0.25, 0.3) is 0 Å². The number of nitrogens with two attached hydrogens (primary N) is 1. The summed E-state index contributed by atoms with van der Waals surface area (Å²) >= 11 is 0. The molecule has 0 bridgehead atoms. The molecule has 1 rings (SSSR count). The van der Waals surface area contributed by atoms with Crippen LogP contribution in [0.5, 0.6) is 0 Å². The first-order chi connectivity index (χ1) is 8.42. The Balaban J connectivity index is 2.21. The summed E-state index contributed by atoms with van der Waals surface area (Å²) in [5, 5.41) is 8.39. The lowest BCUT2D eigenvalue weighted by Crippen LogP contribution is -2.44. The highest BCUT2D eigenvalue weighted by molar-refractivity contribution is 7.89. The average molecular weight is 277 g/mol. The second-order valence-electron chi connectivity index (χ2n) is 5.26. The number of hydrogen-bond acceptors (Lipinski definition) is 4. The van der Waals surface area contributed by atoms with Crippen molar-refractivity contribution >= 4 is 10.0 Å². The fraction of sp³-hybridized carbons (Fsp3) is 1.00. The molecule has 0 amide bonds. The molecule has 18 heavy (non-hydrogen) atoms. The van der Waals surface area contributed by atoms with Gasteiger partial charge in [0.2, 0.25) is 10.0 Å². The van der Waals surface area contributed by atoms with E-state index in [0.29, 0.717) is 18.4 Å². The number of rotatable bonds is 7. The van der Waals surface area contributed by atoms with Gasteiger partial charge in [-0.2, -0.15) is 0 Å². The second kappa shape index (κ2) is 7.43. The Morgan fingerprint density at radius 3 is 2.83 bits per heavy atom. The smallest absolute Gasteiger partial charge is 0.209 e. The van der Waals surface area contributed by atoms with Gasteiger partial charge >= 0.3 is 0 Å². The molecule has 1 fully saturated rings. The van der Waals surface area contributed by atoms with Gasteiger partial charge in [0.15, 0.2) is 0 Å². The highest BCUT2D eigenvalue weighted by Crippen LogP contribution is 2.19. The van der Waals surface area contributed by atoms with Crippen molar-refractivity contribution in [3.8, 4) is 0 Å². The first-order valence-corrected chi connectivity index (χ1v) is 8.60. The van der Waals surface area contributed by atoms with Crippen LogP contribution in [0.1, 0.15) is 33.1 Å². The van der Waals surface area contributed by atoms with Gasteiger partial charge < -0.3 is 10.2 Å². The van der Waals surface area contributed by atoms with Crippen LogP contribution in [-0.4, -0.2) is 51.3 Å². The van der Waals surface area contributed by atoms with E-state index in [9.17, 15) is 8.42 Å². The van der Waals surface area contributed by atoms with Gasteiger partial charge in [-0.3, -0.25) is 0 Å². The van der Waals surface area contributed by atoms with E-state index in [-0.39, 0.29) is 5.75 Å². The van der Waals surface area contributed by atoms with Crippen LogP contribution in [-0.2, 0) is 10.0 Å². The number of nitrogens with one attached hydrogen (secondary N) is 1. The maximum absolute atomic E-state index is 10.8. The first-order valence-electron chi connectivity index (χ1n) is 6.88. The van der Waals surface area contributed by atoms with Crippen molar-refractivity contribution in [1.29, 1.82) is 0 Å². The molecule has 1 heterocycles. The summed E-state index contributed by atoms with van der Waals surface area (Å²) < 4.78 is 21.6. The molecule has 0 aromatic heterocycles. The van der Waals surface area contributed by atoms with E-state index in [4.69, 9.17) is 5.14 Å². The van der Waals surface area contributed by atoms with Crippen LogP contribution in [0.4, 0.5) is 0 Å². The van der Waals surface area contributed by atoms with Gasteiger partial charge in [-0.15, -0.1) is 0 Å². The fourth-order valence-electron chi connectivity index (χ4n) is 2.56. The highest BCUT2D eigenvalue weighted by atomic mass is 32.2. The Morgan fingerprint density at radius 2 is 2.22 bits per heavy atom. The summed E-state index contributed by atoms with van der Waals surface area (Å²) in [7, 11) is -3.31. The fourth-order valence-corrected chi connectivity index (χ4v) is 3.10. The Bertz CT molecular complexity index is 332. The largest absolute Gasteiger partial charge is 0.314 e. The van der Waals surface area contributed by atoms with Crippen LogP contribution < -0.4 is 10.5 Å². The van der Waals surface area contributed by atoms with Gasteiger partial charge in [-0.1, -0.05) is 6.92 Å². The van der Waals surface area contributed by atoms with E-state index < -0.39 is 10.0 Å². The van der Waals surface area contributed by atoms with E-state index in [0.717, 1.165) is 19.6 Å². The van der Waals surface area contributed by atoms with Crippen molar-refractivity contribution in [1.82, 2.24) is 10.2 Å². The van der Waals surface area contributed by atoms with Crippen LogP contribution in [0.25, 0.3) is 0 Å². The van der Waals surface area contributed by atoms with E-state index in [1.54, 1.807) is 0 Å². The predicted molar refractivity (Wildman–Crippen MR) is 74.9 cm³/mol. The normalized spacial score (nSPS) is 24.1. The monoisotopic (exact) mass is 277 g/mol. The SMILES string of the molecule is CCN1CCCC(C(C)NCCCS(N)(=O)=O)C1. The molecule has 0 spiro atoms. The minimum absolute atomic E-state index is 0.0679. The molecule has 5 nitrogen and oxygen atoms in total. The summed E-state index contributed by atoms with van der Waals surface area (Å²) in [4.78, 5) is 2.48. The van der Waals surface area contributed by atoms with Crippen molar-refractivity contribution in [2.24, 2.45) is 11.1 Å². The molecule has 0 aromatic carbocycles. The Hall–Kier alpha value is -0.170. The molecule has 0 radical (unpaired) electrons. The molecule has 108 valence electrons. The molecule has 1 saturated heterocycles. The Labute approximate surface area is 111 Å². The number of hydrogen-bond donors (Lipinski definition) is 2. The quantitative estimate of drug-likeness (QED) is 0.660. The molecule has 2 unspecified atom stereocenters. The zero-order chi connectivity index (χ0) is 13.6. The minimum atomic E-state index is -3.31. The molecule has 0 aromatic rings. The maximum atomic E-state index is 10.8. The molecule has 6 heteroatoms.